The Kier molecular flexibility index (Phi) is 3.76. The summed E-state index contributed by atoms with van der Waals surface area (Å²) in [7, 11) is 3.57. The first kappa shape index (κ1) is 12.1. The van der Waals surface area contributed by atoms with Gasteiger partial charge in [-0.1, -0.05) is 0 Å². The summed E-state index contributed by atoms with van der Waals surface area (Å²) in [6.45, 7) is 6.66. The van der Waals surface area contributed by atoms with Crippen molar-refractivity contribution in [1.29, 1.82) is 0 Å². The number of ether oxygens (including phenoxy) is 1. The summed E-state index contributed by atoms with van der Waals surface area (Å²) in [4.78, 5) is 0. The molecular formula is C9H19N5O. The molecular weight excluding hydrogens is 194 g/mol. The highest BCUT2D eigenvalue weighted by molar-refractivity contribution is 4.90. The van der Waals surface area contributed by atoms with Crippen LogP contribution < -0.4 is 5.32 Å². The lowest BCUT2D eigenvalue weighted by Crippen LogP contribution is -2.31. The molecule has 1 N–H and O–H groups in total. The highest BCUT2D eigenvalue weighted by Gasteiger charge is 2.21. The third-order valence-corrected chi connectivity index (χ3v) is 2.46. The summed E-state index contributed by atoms with van der Waals surface area (Å²) in [5.41, 5.74) is -0.266. The number of methoxy groups -OCH3 is 1. The zero-order valence-corrected chi connectivity index (χ0v) is 9.98. The Bertz CT molecular complexity index is 309. The molecule has 0 aliphatic rings. The third-order valence-electron chi connectivity index (χ3n) is 2.46. The van der Waals surface area contributed by atoms with Gasteiger partial charge in [0.2, 0.25) is 0 Å². The summed E-state index contributed by atoms with van der Waals surface area (Å²) in [5.74, 6) is 0.822. The van der Waals surface area contributed by atoms with Crippen LogP contribution in [-0.2, 0) is 11.3 Å². The molecule has 1 aromatic heterocycles. The summed E-state index contributed by atoms with van der Waals surface area (Å²) in [6.07, 6.45) is 0. The molecule has 15 heavy (non-hydrogen) atoms. The van der Waals surface area contributed by atoms with Crippen molar-refractivity contribution in [2.24, 2.45) is 0 Å². The van der Waals surface area contributed by atoms with E-state index >= 15 is 0 Å². The van der Waals surface area contributed by atoms with Gasteiger partial charge >= 0.3 is 0 Å². The summed E-state index contributed by atoms with van der Waals surface area (Å²) < 4.78 is 7.11. The fourth-order valence-corrected chi connectivity index (χ4v) is 1.19. The lowest BCUT2D eigenvalue weighted by Gasteiger charge is -2.23. The van der Waals surface area contributed by atoms with Crippen LogP contribution in [0.3, 0.4) is 0 Å². The normalized spacial score (nSPS) is 14.2. The molecule has 6 heteroatoms. The van der Waals surface area contributed by atoms with Crippen molar-refractivity contribution in [1.82, 2.24) is 25.5 Å². The van der Waals surface area contributed by atoms with Crippen molar-refractivity contribution in [2.75, 3.05) is 14.2 Å². The maximum atomic E-state index is 5.34. The number of nitrogens with one attached hydrogen (secondary N) is 1. The topological polar surface area (TPSA) is 64.9 Å². The van der Waals surface area contributed by atoms with Gasteiger partial charge in [0, 0.05) is 7.11 Å². The molecule has 0 radical (unpaired) electrons. The Labute approximate surface area is 90.0 Å². The van der Waals surface area contributed by atoms with Crippen molar-refractivity contribution < 1.29 is 4.74 Å². The molecule has 0 aliphatic heterocycles. The van der Waals surface area contributed by atoms with Crippen molar-refractivity contribution in [3.63, 3.8) is 0 Å². The SMILES string of the molecule is CNC(C)c1nnnn1CC(C)(C)OC. The minimum atomic E-state index is -0.266. The Morgan fingerprint density at radius 2 is 2.20 bits per heavy atom. The van der Waals surface area contributed by atoms with E-state index < -0.39 is 0 Å². The number of nitrogens with zero attached hydrogens (tertiary/aromatic N) is 4. The molecule has 1 unspecified atom stereocenters. The average molecular weight is 213 g/mol. The quantitative estimate of drug-likeness (QED) is 0.766. The Hall–Kier alpha value is -1.01. The molecule has 0 fully saturated rings. The number of tetrazole rings is 1. The van der Waals surface area contributed by atoms with E-state index in [0.717, 1.165) is 5.82 Å². The van der Waals surface area contributed by atoms with E-state index in [1.807, 2.05) is 27.8 Å². The second kappa shape index (κ2) is 4.67. The molecule has 6 nitrogen and oxygen atoms in total. The van der Waals surface area contributed by atoms with Gasteiger partial charge in [-0.15, -0.1) is 5.10 Å². The Morgan fingerprint density at radius 3 is 2.73 bits per heavy atom. The van der Waals surface area contributed by atoms with Crippen molar-refractivity contribution in [3.05, 3.63) is 5.82 Å². The van der Waals surface area contributed by atoms with E-state index in [-0.39, 0.29) is 11.6 Å². The molecule has 1 atom stereocenters. The van der Waals surface area contributed by atoms with Gasteiger partial charge in [0.1, 0.15) is 0 Å². The zero-order chi connectivity index (χ0) is 11.5. The zero-order valence-electron chi connectivity index (χ0n) is 9.98. The molecule has 0 saturated carbocycles. The van der Waals surface area contributed by atoms with Crippen LogP contribution >= 0.6 is 0 Å². The minimum absolute atomic E-state index is 0.132. The van der Waals surface area contributed by atoms with Gasteiger partial charge in [0.05, 0.1) is 18.2 Å². The molecule has 1 heterocycles. The highest BCUT2D eigenvalue weighted by Crippen LogP contribution is 2.13. The van der Waals surface area contributed by atoms with Crippen molar-refractivity contribution in [3.8, 4) is 0 Å². The minimum Gasteiger partial charge on any atom is -0.377 e. The number of hydrogen-bond donors (Lipinski definition) is 1. The van der Waals surface area contributed by atoms with Gasteiger partial charge in [0.25, 0.3) is 0 Å². The smallest absolute Gasteiger partial charge is 0.168 e. The lowest BCUT2D eigenvalue weighted by molar-refractivity contribution is 0.00403. The number of aromatic nitrogens is 4. The van der Waals surface area contributed by atoms with Gasteiger partial charge in [-0.05, 0) is 38.2 Å². The molecule has 0 aliphatic carbocycles. The molecule has 0 saturated heterocycles. The van der Waals surface area contributed by atoms with E-state index in [4.69, 9.17) is 4.74 Å². The fourth-order valence-electron chi connectivity index (χ4n) is 1.19. The van der Waals surface area contributed by atoms with Gasteiger partial charge < -0.3 is 10.1 Å². The van der Waals surface area contributed by atoms with Crippen LogP contribution in [0.2, 0.25) is 0 Å². The van der Waals surface area contributed by atoms with Crippen LogP contribution in [0.15, 0.2) is 0 Å². The second-order valence-electron chi connectivity index (χ2n) is 4.17. The molecule has 0 bridgehead atoms. The van der Waals surface area contributed by atoms with Crippen molar-refractivity contribution >= 4 is 0 Å². The van der Waals surface area contributed by atoms with Crippen LogP contribution in [0.4, 0.5) is 0 Å². The van der Waals surface area contributed by atoms with E-state index in [1.165, 1.54) is 0 Å². The second-order valence-corrected chi connectivity index (χ2v) is 4.17. The number of hydrogen-bond acceptors (Lipinski definition) is 5. The predicted octanol–water partition coefficient (Wildman–Crippen LogP) is 0.378. The van der Waals surface area contributed by atoms with Crippen LogP contribution in [-0.4, -0.2) is 40.0 Å². The first-order valence-corrected chi connectivity index (χ1v) is 4.98. The highest BCUT2D eigenvalue weighted by atomic mass is 16.5. The number of rotatable bonds is 5. The van der Waals surface area contributed by atoms with Gasteiger partial charge in [-0.3, -0.25) is 0 Å². The van der Waals surface area contributed by atoms with Crippen LogP contribution in [0.1, 0.15) is 32.6 Å². The fraction of sp³-hybridized carbons (Fsp3) is 0.889. The lowest BCUT2D eigenvalue weighted by atomic mass is 10.1. The average Bonchev–Trinajstić information content (AvgIpc) is 2.64. The van der Waals surface area contributed by atoms with Crippen LogP contribution in [0.25, 0.3) is 0 Å². The summed E-state index contributed by atoms with van der Waals surface area (Å²) in [6, 6.07) is 0.132. The summed E-state index contributed by atoms with van der Waals surface area (Å²) >= 11 is 0. The van der Waals surface area contributed by atoms with Gasteiger partial charge in [0.15, 0.2) is 5.82 Å². The molecule has 0 spiro atoms. The molecule has 1 aromatic rings. The maximum Gasteiger partial charge on any atom is 0.168 e. The molecule has 0 aromatic carbocycles. The standard InChI is InChI=1S/C9H19N5O/c1-7(10-4)8-11-12-13-14(8)6-9(2,3)15-5/h7,10H,6H2,1-5H3. The van der Waals surface area contributed by atoms with E-state index in [9.17, 15) is 0 Å². The first-order valence-electron chi connectivity index (χ1n) is 4.98. The van der Waals surface area contributed by atoms with Crippen LogP contribution in [0.5, 0.6) is 0 Å². The van der Waals surface area contributed by atoms with Gasteiger partial charge in [-0.25, -0.2) is 4.68 Å². The van der Waals surface area contributed by atoms with E-state index in [1.54, 1.807) is 11.8 Å². The molecule has 86 valence electrons. The van der Waals surface area contributed by atoms with E-state index in [2.05, 4.69) is 20.8 Å². The largest absolute Gasteiger partial charge is 0.377 e. The third kappa shape index (κ3) is 2.97. The predicted molar refractivity (Wildman–Crippen MR) is 56.4 cm³/mol. The monoisotopic (exact) mass is 213 g/mol. The molecule has 0 amide bonds. The maximum absolute atomic E-state index is 5.34. The molecule has 1 rings (SSSR count). The Morgan fingerprint density at radius 1 is 1.53 bits per heavy atom. The van der Waals surface area contributed by atoms with E-state index in [0.29, 0.717) is 6.54 Å². The Balaban J connectivity index is 2.82. The van der Waals surface area contributed by atoms with Crippen LogP contribution in [0, 0.1) is 0 Å². The first-order chi connectivity index (χ1) is 7.00. The van der Waals surface area contributed by atoms with Crippen molar-refractivity contribution in [2.45, 2.75) is 39.0 Å². The summed E-state index contributed by atoms with van der Waals surface area (Å²) in [5, 5.41) is 14.7. The van der Waals surface area contributed by atoms with Gasteiger partial charge in [-0.2, -0.15) is 0 Å².